The van der Waals surface area contributed by atoms with E-state index >= 15 is 0 Å². The minimum Gasteiger partial charge on any atom is -0.378 e. The molecule has 2 rings (SSSR count). The number of carbonyl (C=O) groups excluding carboxylic acids is 2. The normalized spacial score (nSPS) is 16.3. The van der Waals surface area contributed by atoms with Gasteiger partial charge in [0.05, 0.1) is 37.3 Å². The average Bonchev–Trinajstić information content (AvgIpc) is 2.74. The minimum absolute atomic E-state index is 0.0624. The molecular weight excluding hydrogens is 298 g/mol. The van der Waals surface area contributed by atoms with Crippen molar-refractivity contribution in [3.63, 3.8) is 0 Å². The maximum absolute atomic E-state index is 12.2. The number of ether oxygens (including phenoxy) is 1. The van der Waals surface area contributed by atoms with Crippen LogP contribution in [0.4, 0.5) is 5.69 Å². The summed E-state index contributed by atoms with van der Waals surface area (Å²) in [5.41, 5.74) is 2.46. The third kappa shape index (κ3) is 4.52. The van der Waals surface area contributed by atoms with Gasteiger partial charge in [-0.15, -0.1) is 0 Å². The molecule has 0 aromatic carbocycles. The second kappa shape index (κ2) is 7.56. The van der Waals surface area contributed by atoms with Gasteiger partial charge in [0.25, 0.3) is 11.8 Å². The Labute approximate surface area is 136 Å². The average molecular weight is 324 g/mol. The van der Waals surface area contributed by atoms with Gasteiger partial charge in [-0.2, -0.15) is 5.10 Å². The number of aromatic nitrogens is 2. The number of nitrogens with one attached hydrogen (secondary N) is 2. The number of carbonyl (C=O) groups is 2. The number of anilines is 1. The van der Waals surface area contributed by atoms with E-state index in [9.17, 15) is 9.59 Å². The summed E-state index contributed by atoms with van der Waals surface area (Å²) in [6.45, 7) is 6.76. The Hall–Kier alpha value is -1.93. The van der Waals surface area contributed by atoms with Crippen molar-refractivity contribution in [3.8, 4) is 0 Å². The number of quaternary nitrogens is 1. The summed E-state index contributed by atoms with van der Waals surface area (Å²) in [7, 11) is 3.69. The lowest BCUT2D eigenvalue weighted by atomic mass is 10.3. The molecular formula is C15H26N5O3+. The third-order valence-electron chi connectivity index (χ3n) is 4.05. The van der Waals surface area contributed by atoms with Gasteiger partial charge in [-0.05, 0) is 13.8 Å². The molecule has 1 unspecified atom stereocenters. The standard InChI is InChI=1S/C15H25N5O3/c1-11-15(12(2)19(4)17-11)16-13(21)9-18(3)10-14(22)20-5-7-23-8-6-20/h5-10H2,1-4H3,(H,16,21)/p+1. The Balaban J connectivity index is 1.83. The van der Waals surface area contributed by atoms with Crippen LogP contribution in [-0.2, 0) is 21.4 Å². The highest BCUT2D eigenvalue weighted by molar-refractivity contribution is 5.92. The number of amides is 2. The van der Waals surface area contributed by atoms with E-state index in [0.717, 1.165) is 22.0 Å². The Morgan fingerprint density at radius 3 is 2.48 bits per heavy atom. The highest BCUT2D eigenvalue weighted by atomic mass is 16.5. The molecule has 2 N–H and O–H groups in total. The molecule has 0 saturated carbocycles. The molecule has 0 spiro atoms. The van der Waals surface area contributed by atoms with Crippen molar-refractivity contribution >= 4 is 17.5 Å². The van der Waals surface area contributed by atoms with E-state index in [-0.39, 0.29) is 18.4 Å². The van der Waals surface area contributed by atoms with E-state index < -0.39 is 0 Å². The molecule has 1 atom stereocenters. The first-order valence-corrected chi connectivity index (χ1v) is 7.85. The molecule has 0 radical (unpaired) electrons. The lowest BCUT2D eigenvalue weighted by Gasteiger charge is -2.27. The zero-order chi connectivity index (χ0) is 17.0. The summed E-state index contributed by atoms with van der Waals surface area (Å²) < 4.78 is 6.98. The molecule has 1 aliphatic rings. The van der Waals surface area contributed by atoms with Gasteiger partial charge in [0.15, 0.2) is 13.1 Å². The molecule has 1 aliphatic heterocycles. The maximum Gasteiger partial charge on any atom is 0.279 e. The molecule has 1 saturated heterocycles. The summed E-state index contributed by atoms with van der Waals surface area (Å²) in [5.74, 6) is -0.0520. The van der Waals surface area contributed by atoms with Crippen LogP contribution in [0.5, 0.6) is 0 Å². The van der Waals surface area contributed by atoms with Crippen molar-refractivity contribution in [2.45, 2.75) is 13.8 Å². The Morgan fingerprint density at radius 1 is 1.26 bits per heavy atom. The van der Waals surface area contributed by atoms with Gasteiger partial charge < -0.3 is 19.9 Å². The number of rotatable bonds is 5. The van der Waals surface area contributed by atoms with Crippen molar-refractivity contribution < 1.29 is 19.2 Å². The summed E-state index contributed by atoms with van der Waals surface area (Å²) in [6.07, 6.45) is 0. The fraction of sp³-hybridized carbons (Fsp3) is 0.667. The predicted molar refractivity (Wildman–Crippen MR) is 85.3 cm³/mol. The molecule has 2 heterocycles. The largest absolute Gasteiger partial charge is 0.378 e. The van der Waals surface area contributed by atoms with Crippen LogP contribution in [0.15, 0.2) is 0 Å². The SMILES string of the molecule is Cc1nn(C)c(C)c1NC(=O)C[NH+](C)CC(=O)N1CCOCC1. The van der Waals surface area contributed by atoms with E-state index in [2.05, 4.69) is 10.4 Å². The lowest BCUT2D eigenvalue weighted by Crippen LogP contribution is -3.11. The van der Waals surface area contributed by atoms with Gasteiger partial charge in [0.2, 0.25) is 0 Å². The first kappa shape index (κ1) is 17.4. The molecule has 23 heavy (non-hydrogen) atoms. The molecule has 2 amide bonds. The number of nitrogens with zero attached hydrogens (tertiary/aromatic N) is 3. The number of hydrogen-bond donors (Lipinski definition) is 2. The Bertz CT molecular complexity index is 578. The van der Waals surface area contributed by atoms with Gasteiger partial charge in [-0.3, -0.25) is 14.3 Å². The fourth-order valence-electron chi connectivity index (χ4n) is 2.66. The summed E-state index contributed by atoms with van der Waals surface area (Å²) in [5, 5.41) is 7.17. The second-order valence-electron chi connectivity index (χ2n) is 6.02. The van der Waals surface area contributed by atoms with Crippen molar-refractivity contribution in [2.75, 3.05) is 51.8 Å². The summed E-state index contributed by atoms with van der Waals surface area (Å²) in [4.78, 5) is 27.0. The monoisotopic (exact) mass is 324 g/mol. The van der Waals surface area contributed by atoms with E-state index in [4.69, 9.17) is 4.74 Å². The molecule has 1 aromatic heterocycles. The van der Waals surface area contributed by atoms with Gasteiger partial charge in [-0.1, -0.05) is 0 Å². The second-order valence-corrected chi connectivity index (χ2v) is 6.02. The van der Waals surface area contributed by atoms with Crippen LogP contribution in [0.2, 0.25) is 0 Å². The molecule has 8 heteroatoms. The van der Waals surface area contributed by atoms with Crippen molar-refractivity contribution in [2.24, 2.45) is 7.05 Å². The zero-order valence-corrected chi connectivity index (χ0v) is 14.3. The molecule has 8 nitrogen and oxygen atoms in total. The number of aryl methyl sites for hydroxylation is 2. The topological polar surface area (TPSA) is 80.9 Å². The third-order valence-corrected chi connectivity index (χ3v) is 4.05. The van der Waals surface area contributed by atoms with Gasteiger partial charge in [-0.25, -0.2) is 0 Å². The highest BCUT2D eigenvalue weighted by Crippen LogP contribution is 2.17. The van der Waals surface area contributed by atoms with Crippen LogP contribution >= 0.6 is 0 Å². The first-order chi connectivity index (χ1) is 10.9. The molecule has 0 bridgehead atoms. The predicted octanol–water partition coefficient (Wildman–Crippen LogP) is -1.65. The first-order valence-electron chi connectivity index (χ1n) is 7.85. The summed E-state index contributed by atoms with van der Waals surface area (Å²) in [6, 6.07) is 0. The Morgan fingerprint density at radius 2 is 1.91 bits per heavy atom. The van der Waals surface area contributed by atoms with Gasteiger partial charge in [0.1, 0.15) is 0 Å². The van der Waals surface area contributed by atoms with E-state index in [1.54, 1.807) is 9.58 Å². The zero-order valence-electron chi connectivity index (χ0n) is 14.3. The highest BCUT2D eigenvalue weighted by Gasteiger charge is 2.22. The number of morpholine rings is 1. The maximum atomic E-state index is 12.2. The van der Waals surface area contributed by atoms with Crippen molar-refractivity contribution in [1.82, 2.24) is 14.7 Å². The van der Waals surface area contributed by atoms with Crippen LogP contribution in [-0.4, -0.2) is 72.9 Å². The quantitative estimate of drug-likeness (QED) is 0.680. The van der Waals surface area contributed by atoms with Gasteiger partial charge >= 0.3 is 0 Å². The minimum atomic E-state index is -0.114. The smallest absolute Gasteiger partial charge is 0.279 e. The van der Waals surface area contributed by atoms with Gasteiger partial charge in [0, 0.05) is 20.1 Å². The van der Waals surface area contributed by atoms with Crippen LogP contribution in [0, 0.1) is 13.8 Å². The van der Waals surface area contributed by atoms with Crippen LogP contribution in [0.25, 0.3) is 0 Å². The van der Waals surface area contributed by atoms with E-state index in [1.165, 1.54) is 0 Å². The van der Waals surface area contributed by atoms with Crippen LogP contribution in [0.1, 0.15) is 11.4 Å². The van der Waals surface area contributed by atoms with Crippen molar-refractivity contribution in [1.29, 1.82) is 0 Å². The fourth-order valence-corrected chi connectivity index (χ4v) is 2.66. The number of likely N-dealkylation sites (N-methyl/N-ethyl adjacent to an activating group) is 1. The van der Waals surface area contributed by atoms with Crippen LogP contribution < -0.4 is 10.2 Å². The van der Waals surface area contributed by atoms with E-state index in [0.29, 0.717) is 32.8 Å². The lowest BCUT2D eigenvalue weighted by molar-refractivity contribution is -0.862. The van der Waals surface area contributed by atoms with Crippen LogP contribution in [0.3, 0.4) is 0 Å². The molecule has 1 aromatic rings. The van der Waals surface area contributed by atoms with Crippen molar-refractivity contribution in [3.05, 3.63) is 11.4 Å². The Kier molecular flexibility index (Phi) is 5.73. The number of hydrogen-bond acceptors (Lipinski definition) is 4. The van der Waals surface area contributed by atoms with E-state index in [1.807, 2.05) is 27.9 Å². The summed E-state index contributed by atoms with van der Waals surface area (Å²) >= 11 is 0. The molecule has 1 fully saturated rings. The molecule has 128 valence electrons. The molecule has 0 aliphatic carbocycles.